The average Bonchev–Trinajstić information content (AvgIpc) is 2.50. The Kier molecular flexibility index (Phi) is 4.55. The first-order valence-electron chi connectivity index (χ1n) is 4.63. The second-order valence-electron chi connectivity index (χ2n) is 2.97. The highest BCUT2D eigenvalue weighted by Crippen LogP contribution is 2.20. The van der Waals surface area contributed by atoms with Crippen LogP contribution in [0.4, 0.5) is 0 Å². The molecule has 2 heteroatoms. The van der Waals surface area contributed by atoms with Gasteiger partial charge in [-0.3, -0.25) is 0 Å². The predicted molar refractivity (Wildman–Crippen MR) is 44.7 cm³/mol. The van der Waals surface area contributed by atoms with E-state index in [1.165, 1.54) is 25.7 Å². The van der Waals surface area contributed by atoms with Crippen LogP contribution in [0.1, 0.15) is 32.6 Å². The molecule has 0 N–H and O–H groups in total. The highest BCUT2D eigenvalue weighted by atomic mass is 16.5. The molecule has 2 nitrogen and oxygen atoms in total. The molecule has 0 aromatic heterocycles. The Labute approximate surface area is 68.9 Å². The number of hydrogen-bond acceptors (Lipinski definition) is 2. The minimum atomic E-state index is 0.537. The van der Waals surface area contributed by atoms with Crippen molar-refractivity contribution in [1.29, 1.82) is 0 Å². The molecule has 0 aromatic carbocycles. The topological polar surface area (TPSA) is 18.5 Å². The van der Waals surface area contributed by atoms with Crippen molar-refractivity contribution < 1.29 is 9.47 Å². The molecular formula is C9H18O2. The smallest absolute Gasteiger partial charge is 0.0704 e. The van der Waals surface area contributed by atoms with E-state index in [1.54, 1.807) is 0 Å². The maximum atomic E-state index is 5.58. The Morgan fingerprint density at radius 1 is 1.18 bits per heavy atom. The fourth-order valence-electron chi connectivity index (χ4n) is 1.47. The van der Waals surface area contributed by atoms with Crippen LogP contribution < -0.4 is 0 Å². The number of ether oxygens (including phenoxy) is 2. The molecule has 0 saturated heterocycles. The van der Waals surface area contributed by atoms with Crippen LogP contribution in [0.5, 0.6) is 0 Å². The van der Waals surface area contributed by atoms with Gasteiger partial charge < -0.3 is 9.47 Å². The zero-order valence-corrected chi connectivity index (χ0v) is 7.34. The summed E-state index contributed by atoms with van der Waals surface area (Å²) in [4.78, 5) is 0. The highest BCUT2D eigenvalue weighted by molar-refractivity contribution is 4.66. The zero-order chi connectivity index (χ0) is 7.94. The third-order valence-electron chi connectivity index (χ3n) is 2.09. The van der Waals surface area contributed by atoms with Gasteiger partial charge in [-0.2, -0.15) is 0 Å². The van der Waals surface area contributed by atoms with Crippen molar-refractivity contribution in [3.8, 4) is 0 Å². The molecule has 0 aliphatic heterocycles. The molecule has 0 spiro atoms. The van der Waals surface area contributed by atoms with Gasteiger partial charge in [0, 0.05) is 6.61 Å². The van der Waals surface area contributed by atoms with Crippen molar-refractivity contribution in [2.24, 2.45) is 0 Å². The normalized spacial score (nSPS) is 19.4. The zero-order valence-electron chi connectivity index (χ0n) is 7.34. The van der Waals surface area contributed by atoms with Gasteiger partial charge in [0.25, 0.3) is 0 Å². The van der Waals surface area contributed by atoms with E-state index in [1.807, 2.05) is 6.92 Å². The molecule has 0 atom stereocenters. The summed E-state index contributed by atoms with van der Waals surface area (Å²) in [5.74, 6) is 0. The molecule has 0 heterocycles. The first-order valence-corrected chi connectivity index (χ1v) is 4.63. The Morgan fingerprint density at radius 2 is 1.91 bits per heavy atom. The van der Waals surface area contributed by atoms with E-state index >= 15 is 0 Å². The lowest BCUT2D eigenvalue weighted by Gasteiger charge is -2.10. The molecule has 0 amide bonds. The van der Waals surface area contributed by atoms with Crippen LogP contribution >= 0.6 is 0 Å². The van der Waals surface area contributed by atoms with Crippen LogP contribution in [-0.2, 0) is 9.47 Å². The molecule has 1 fully saturated rings. The minimum Gasteiger partial charge on any atom is -0.379 e. The minimum absolute atomic E-state index is 0.537. The number of hydrogen-bond donors (Lipinski definition) is 0. The van der Waals surface area contributed by atoms with Gasteiger partial charge in [0.1, 0.15) is 0 Å². The Hall–Kier alpha value is -0.0800. The lowest BCUT2D eigenvalue weighted by Crippen LogP contribution is -2.12. The molecule has 0 bridgehead atoms. The summed E-state index contributed by atoms with van der Waals surface area (Å²) in [5.41, 5.74) is 0. The maximum Gasteiger partial charge on any atom is 0.0704 e. The second-order valence-corrected chi connectivity index (χ2v) is 2.97. The first kappa shape index (κ1) is 9.01. The monoisotopic (exact) mass is 158 g/mol. The van der Waals surface area contributed by atoms with Crippen LogP contribution in [0, 0.1) is 0 Å². The van der Waals surface area contributed by atoms with E-state index < -0.39 is 0 Å². The largest absolute Gasteiger partial charge is 0.379 e. The van der Waals surface area contributed by atoms with Crippen molar-refractivity contribution in [2.45, 2.75) is 38.7 Å². The molecule has 1 aliphatic rings. The van der Waals surface area contributed by atoms with Crippen molar-refractivity contribution in [3.63, 3.8) is 0 Å². The van der Waals surface area contributed by atoms with Crippen LogP contribution in [0.2, 0.25) is 0 Å². The summed E-state index contributed by atoms with van der Waals surface area (Å²) in [6.07, 6.45) is 5.74. The van der Waals surface area contributed by atoms with Gasteiger partial charge in [-0.1, -0.05) is 12.8 Å². The van der Waals surface area contributed by atoms with E-state index in [-0.39, 0.29) is 0 Å². The Bertz CT molecular complexity index is 87.6. The molecule has 0 unspecified atom stereocenters. The van der Waals surface area contributed by atoms with Gasteiger partial charge in [0.2, 0.25) is 0 Å². The first-order chi connectivity index (χ1) is 5.43. The van der Waals surface area contributed by atoms with Gasteiger partial charge in [0.05, 0.1) is 19.3 Å². The molecule has 0 radical (unpaired) electrons. The third kappa shape index (κ3) is 3.73. The van der Waals surface area contributed by atoms with Crippen molar-refractivity contribution >= 4 is 0 Å². The SMILES string of the molecule is CCOCCOC1CCCC1. The molecule has 11 heavy (non-hydrogen) atoms. The maximum absolute atomic E-state index is 5.58. The lowest BCUT2D eigenvalue weighted by atomic mass is 10.3. The number of rotatable bonds is 5. The third-order valence-corrected chi connectivity index (χ3v) is 2.09. The molecule has 66 valence electrons. The van der Waals surface area contributed by atoms with E-state index in [9.17, 15) is 0 Å². The quantitative estimate of drug-likeness (QED) is 0.570. The van der Waals surface area contributed by atoms with Gasteiger partial charge in [-0.15, -0.1) is 0 Å². The van der Waals surface area contributed by atoms with E-state index in [4.69, 9.17) is 9.47 Å². The molecule has 1 rings (SSSR count). The Balaban J connectivity index is 1.86. The summed E-state index contributed by atoms with van der Waals surface area (Å²) in [5, 5.41) is 0. The summed E-state index contributed by atoms with van der Waals surface area (Å²) >= 11 is 0. The summed E-state index contributed by atoms with van der Waals surface area (Å²) < 4.78 is 10.7. The fourth-order valence-corrected chi connectivity index (χ4v) is 1.47. The molecule has 0 aromatic rings. The van der Waals surface area contributed by atoms with Gasteiger partial charge in [0.15, 0.2) is 0 Å². The average molecular weight is 158 g/mol. The summed E-state index contributed by atoms with van der Waals surface area (Å²) in [6, 6.07) is 0. The molecule has 1 aliphatic carbocycles. The van der Waals surface area contributed by atoms with Crippen LogP contribution in [0.15, 0.2) is 0 Å². The van der Waals surface area contributed by atoms with E-state index in [0.29, 0.717) is 6.10 Å². The predicted octanol–water partition coefficient (Wildman–Crippen LogP) is 1.98. The second kappa shape index (κ2) is 5.56. The van der Waals surface area contributed by atoms with Gasteiger partial charge >= 0.3 is 0 Å². The summed E-state index contributed by atoms with van der Waals surface area (Å²) in [6.45, 7) is 4.34. The lowest BCUT2D eigenvalue weighted by molar-refractivity contribution is 0.0109. The highest BCUT2D eigenvalue weighted by Gasteiger charge is 2.14. The van der Waals surface area contributed by atoms with Gasteiger partial charge in [-0.25, -0.2) is 0 Å². The molecule has 1 saturated carbocycles. The summed E-state index contributed by atoms with van der Waals surface area (Å²) in [7, 11) is 0. The van der Waals surface area contributed by atoms with E-state index in [0.717, 1.165) is 19.8 Å². The van der Waals surface area contributed by atoms with Crippen molar-refractivity contribution in [2.75, 3.05) is 19.8 Å². The standard InChI is InChI=1S/C9H18O2/c1-2-10-7-8-11-9-5-3-4-6-9/h9H,2-8H2,1H3. The van der Waals surface area contributed by atoms with Gasteiger partial charge in [-0.05, 0) is 19.8 Å². The van der Waals surface area contributed by atoms with Crippen molar-refractivity contribution in [3.05, 3.63) is 0 Å². The molecular weight excluding hydrogens is 140 g/mol. The fraction of sp³-hybridized carbons (Fsp3) is 1.00. The van der Waals surface area contributed by atoms with Crippen LogP contribution in [0.25, 0.3) is 0 Å². The van der Waals surface area contributed by atoms with Crippen molar-refractivity contribution in [1.82, 2.24) is 0 Å². The van der Waals surface area contributed by atoms with Crippen LogP contribution in [0.3, 0.4) is 0 Å². The van der Waals surface area contributed by atoms with Crippen LogP contribution in [-0.4, -0.2) is 25.9 Å². The Morgan fingerprint density at radius 3 is 2.55 bits per heavy atom. The van der Waals surface area contributed by atoms with E-state index in [2.05, 4.69) is 0 Å².